The molecule has 0 aliphatic carbocycles. The summed E-state index contributed by atoms with van der Waals surface area (Å²) in [7, 11) is 0. The molecule has 15 nitrogen and oxygen atoms in total. The molecule has 4 amide bonds. The van der Waals surface area contributed by atoms with E-state index < -0.39 is 78.7 Å². The molecule has 1 aromatic carbocycles. The molecule has 0 aromatic heterocycles. The summed E-state index contributed by atoms with van der Waals surface area (Å²) >= 11 is 0. The highest BCUT2D eigenvalue weighted by Gasteiger charge is 2.32. The molecule has 0 radical (unpaired) electrons. The highest BCUT2D eigenvalue weighted by atomic mass is 16.4. The van der Waals surface area contributed by atoms with Gasteiger partial charge in [0, 0.05) is 12.8 Å². The zero-order valence-corrected chi connectivity index (χ0v) is 19.9. The topological polar surface area (TPSA) is 271 Å². The third-order valence-corrected chi connectivity index (χ3v) is 5.14. The maximum absolute atomic E-state index is 13.1. The Balaban J connectivity index is 3.18. The zero-order valence-electron chi connectivity index (χ0n) is 19.9. The van der Waals surface area contributed by atoms with Gasteiger partial charge >= 0.3 is 11.9 Å². The molecule has 0 bridgehead atoms. The van der Waals surface area contributed by atoms with Crippen molar-refractivity contribution in [3.05, 3.63) is 29.8 Å². The minimum Gasteiger partial charge on any atom is -0.508 e. The van der Waals surface area contributed by atoms with Gasteiger partial charge in [-0.3, -0.25) is 24.0 Å². The maximum Gasteiger partial charge on any atom is 0.326 e. The summed E-state index contributed by atoms with van der Waals surface area (Å²) in [5.41, 5.74) is 11.2. The van der Waals surface area contributed by atoms with Crippen molar-refractivity contribution in [2.75, 3.05) is 0 Å². The fraction of sp³-hybridized carbons (Fsp3) is 0.455. The monoisotopic (exact) mass is 525 g/mol. The Bertz CT molecular complexity index is 998. The summed E-state index contributed by atoms with van der Waals surface area (Å²) in [6.07, 6.45) is -3.11. The first kappa shape index (κ1) is 30.8. The van der Waals surface area contributed by atoms with Gasteiger partial charge in [0.25, 0.3) is 0 Å². The molecule has 0 heterocycles. The summed E-state index contributed by atoms with van der Waals surface area (Å²) < 4.78 is 0. The van der Waals surface area contributed by atoms with Crippen LogP contribution >= 0.6 is 0 Å². The van der Waals surface area contributed by atoms with Crippen LogP contribution in [0, 0.1) is 0 Å². The van der Waals surface area contributed by atoms with E-state index in [1.165, 1.54) is 31.2 Å². The summed E-state index contributed by atoms with van der Waals surface area (Å²) in [6.45, 7) is 1.26. The Morgan fingerprint density at radius 2 is 1.38 bits per heavy atom. The molecule has 37 heavy (non-hydrogen) atoms. The lowest BCUT2D eigenvalue weighted by atomic mass is 10.0. The van der Waals surface area contributed by atoms with Crippen molar-refractivity contribution >= 4 is 35.6 Å². The number of aliphatic hydroxyl groups excluding tert-OH is 1. The van der Waals surface area contributed by atoms with Crippen molar-refractivity contribution in [1.29, 1.82) is 0 Å². The van der Waals surface area contributed by atoms with E-state index in [0.717, 1.165) is 0 Å². The molecule has 0 saturated carbocycles. The number of aliphatic hydroxyl groups is 1. The Hall–Kier alpha value is -4.24. The van der Waals surface area contributed by atoms with E-state index >= 15 is 0 Å². The third kappa shape index (κ3) is 10.9. The van der Waals surface area contributed by atoms with Crippen LogP contribution in [0.15, 0.2) is 24.3 Å². The number of carbonyl (C=O) groups excluding carboxylic acids is 4. The van der Waals surface area contributed by atoms with Gasteiger partial charge in [0.2, 0.25) is 23.6 Å². The summed E-state index contributed by atoms with van der Waals surface area (Å²) in [6, 6.07) is -0.490. The largest absolute Gasteiger partial charge is 0.508 e. The molecule has 0 spiro atoms. The number of aliphatic carboxylic acids is 2. The predicted octanol–water partition coefficient (Wildman–Crippen LogP) is -3.08. The van der Waals surface area contributed by atoms with Crippen LogP contribution in [0.2, 0.25) is 0 Å². The van der Waals surface area contributed by atoms with Gasteiger partial charge in [-0.25, -0.2) is 4.79 Å². The normalized spacial score (nSPS) is 14.8. The van der Waals surface area contributed by atoms with Gasteiger partial charge in [-0.15, -0.1) is 0 Å². The molecule has 0 saturated heterocycles. The van der Waals surface area contributed by atoms with Crippen molar-refractivity contribution in [3.8, 4) is 5.75 Å². The molecule has 11 N–H and O–H groups in total. The molecule has 1 aromatic rings. The number of nitrogens with two attached hydrogens (primary N) is 2. The number of hydrogen-bond acceptors (Lipinski definition) is 9. The van der Waals surface area contributed by atoms with Crippen molar-refractivity contribution in [2.24, 2.45) is 11.5 Å². The zero-order chi connectivity index (χ0) is 28.3. The first-order valence-corrected chi connectivity index (χ1v) is 11.1. The van der Waals surface area contributed by atoms with Crippen molar-refractivity contribution in [1.82, 2.24) is 16.0 Å². The first-order chi connectivity index (χ1) is 17.2. The Morgan fingerprint density at radius 3 is 1.86 bits per heavy atom. The van der Waals surface area contributed by atoms with Crippen molar-refractivity contribution in [3.63, 3.8) is 0 Å². The number of carbonyl (C=O) groups is 6. The maximum atomic E-state index is 13.1. The van der Waals surface area contributed by atoms with E-state index in [9.17, 15) is 44.1 Å². The van der Waals surface area contributed by atoms with Gasteiger partial charge in [0.05, 0.1) is 12.5 Å². The van der Waals surface area contributed by atoms with Crippen LogP contribution in [0.4, 0.5) is 0 Å². The second kappa shape index (κ2) is 14.4. The molecule has 5 unspecified atom stereocenters. The van der Waals surface area contributed by atoms with E-state index in [-0.39, 0.29) is 18.6 Å². The molecule has 1 rings (SSSR count). The number of carboxylic acid groups (broad SMARTS) is 2. The van der Waals surface area contributed by atoms with Crippen LogP contribution < -0.4 is 27.4 Å². The third-order valence-electron chi connectivity index (χ3n) is 5.14. The Labute approximate surface area is 211 Å². The van der Waals surface area contributed by atoms with Gasteiger partial charge in [0.1, 0.15) is 29.9 Å². The van der Waals surface area contributed by atoms with Gasteiger partial charge in [-0.2, -0.15) is 0 Å². The second-order valence-corrected chi connectivity index (χ2v) is 8.26. The van der Waals surface area contributed by atoms with Crippen LogP contribution in [0.5, 0.6) is 5.75 Å². The number of phenolic OH excluding ortho intramolecular Hbond substituents is 1. The molecular formula is C22H31N5O10. The predicted molar refractivity (Wildman–Crippen MR) is 126 cm³/mol. The molecule has 0 fully saturated rings. The SMILES string of the molecule is CC(O)C(N)C(=O)NC(Cc1ccc(O)cc1)C(=O)NC(CCC(N)=O)C(=O)NC(CC(=O)O)C(=O)O. The average Bonchev–Trinajstić information content (AvgIpc) is 2.80. The lowest BCUT2D eigenvalue weighted by Gasteiger charge is -2.25. The summed E-state index contributed by atoms with van der Waals surface area (Å²) in [5.74, 6) is -6.95. The molecule has 0 aliphatic heterocycles. The van der Waals surface area contributed by atoms with Gasteiger partial charge in [-0.05, 0) is 31.0 Å². The van der Waals surface area contributed by atoms with Crippen LogP contribution in [0.3, 0.4) is 0 Å². The van der Waals surface area contributed by atoms with Crippen LogP contribution in [0.25, 0.3) is 0 Å². The van der Waals surface area contributed by atoms with Crippen LogP contribution in [0.1, 0.15) is 31.7 Å². The fourth-order valence-electron chi connectivity index (χ4n) is 3.04. The Kier molecular flexibility index (Phi) is 11.9. The van der Waals surface area contributed by atoms with Gasteiger partial charge < -0.3 is 47.8 Å². The number of primary amides is 1. The van der Waals surface area contributed by atoms with E-state index in [4.69, 9.17) is 16.6 Å². The fourth-order valence-corrected chi connectivity index (χ4v) is 3.04. The molecule has 5 atom stereocenters. The molecule has 204 valence electrons. The minimum absolute atomic E-state index is 0.0533. The lowest BCUT2D eigenvalue weighted by Crippen LogP contribution is -2.58. The number of benzene rings is 1. The number of nitrogens with one attached hydrogen (secondary N) is 3. The minimum atomic E-state index is -1.82. The number of aromatic hydroxyl groups is 1. The van der Waals surface area contributed by atoms with E-state index in [1.807, 2.05) is 5.32 Å². The molecule has 0 aliphatic rings. The second-order valence-electron chi connectivity index (χ2n) is 8.26. The summed E-state index contributed by atoms with van der Waals surface area (Å²) in [4.78, 5) is 71.8. The number of phenols is 1. The smallest absolute Gasteiger partial charge is 0.326 e. The van der Waals surface area contributed by atoms with Crippen molar-refractivity contribution in [2.45, 2.75) is 62.9 Å². The molecular weight excluding hydrogens is 494 g/mol. The van der Waals surface area contributed by atoms with Crippen LogP contribution in [-0.2, 0) is 35.2 Å². The van der Waals surface area contributed by atoms with E-state index in [2.05, 4.69) is 10.6 Å². The van der Waals surface area contributed by atoms with E-state index in [0.29, 0.717) is 5.56 Å². The highest BCUT2D eigenvalue weighted by Crippen LogP contribution is 2.12. The van der Waals surface area contributed by atoms with Crippen LogP contribution in [-0.4, -0.2) is 86.3 Å². The molecule has 15 heteroatoms. The number of amides is 4. The van der Waals surface area contributed by atoms with Gasteiger partial charge in [0.15, 0.2) is 0 Å². The van der Waals surface area contributed by atoms with Crippen molar-refractivity contribution < 1.29 is 49.2 Å². The average molecular weight is 526 g/mol. The Morgan fingerprint density at radius 1 is 0.865 bits per heavy atom. The van der Waals surface area contributed by atoms with Gasteiger partial charge in [-0.1, -0.05) is 12.1 Å². The summed E-state index contributed by atoms with van der Waals surface area (Å²) in [5, 5.41) is 43.8. The highest BCUT2D eigenvalue weighted by molar-refractivity contribution is 5.95. The number of rotatable bonds is 15. The lowest BCUT2D eigenvalue weighted by molar-refractivity contribution is -0.147. The first-order valence-electron chi connectivity index (χ1n) is 11.1. The number of carboxylic acids is 2. The standard InChI is InChI=1S/C22H31N5O10/c1-10(28)18(24)21(35)26-14(8-11-2-4-12(29)5-3-11)20(34)25-13(6-7-16(23)30)19(33)27-15(22(36)37)9-17(31)32/h2-5,10,13-15,18,28-29H,6-9,24H2,1H3,(H2,23,30)(H,25,34)(H,26,35)(H,27,33)(H,31,32)(H,36,37). The number of hydrogen-bond donors (Lipinski definition) is 9. The quantitative estimate of drug-likeness (QED) is 0.111. The van der Waals surface area contributed by atoms with E-state index in [1.54, 1.807) is 0 Å².